The van der Waals surface area contributed by atoms with E-state index in [2.05, 4.69) is 9.78 Å². The summed E-state index contributed by atoms with van der Waals surface area (Å²) in [6.07, 6.45) is 0. The molecule has 0 spiro atoms. The fourth-order valence-corrected chi connectivity index (χ4v) is 0.698. The van der Waals surface area contributed by atoms with Crippen LogP contribution in [0.15, 0.2) is 30.3 Å². The van der Waals surface area contributed by atoms with E-state index in [1.807, 2.05) is 6.07 Å². The van der Waals surface area contributed by atoms with E-state index in [0.717, 1.165) is 0 Å². The van der Waals surface area contributed by atoms with Crippen molar-refractivity contribution in [3.8, 4) is 0 Å². The van der Waals surface area contributed by atoms with Crippen molar-refractivity contribution in [3.63, 3.8) is 0 Å². The van der Waals surface area contributed by atoms with E-state index < -0.39 is 5.97 Å². The van der Waals surface area contributed by atoms with E-state index in [4.69, 9.17) is 0 Å². The Bertz CT molecular complexity index is 235. The Kier molecular flexibility index (Phi) is 6.02. The van der Waals surface area contributed by atoms with Crippen molar-refractivity contribution in [3.05, 3.63) is 35.9 Å². The number of carbonyl (C=O) groups is 1. The van der Waals surface area contributed by atoms with Crippen LogP contribution in [0.25, 0.3) is 0 Å². The molecule has 0 aliphatic rings. The molecule has 0 fully saturated rings. The average molecular weight is 176 g/mol. The maximum atomic E-state index is 10.9. The van der Waals surface area contributed by atoms with Gasteiger partial charge >= 0.3 is 35.5 Å². The molecular formula is C8H9NaO3. The Morgan fingerprint density at radius 1 is 1.25 bits per heavy atom. The molecule has 0 saturated carbocycles. The van der Waals surface area contributed by atoms with Crippen LogP contribution in [0.3, 0.4) is 0 Å². The van der Waals surface area contributed by atoms with Gasteiger partial charge in [-0.05, 0) is 12.1 Å². The van der Waals surface area contributed by atoms with Crippen molar-refractivity contribution in [1.29, 1.82) is 0 Å². The van der Waals surface area contributed by atoms with Gasteiger partial charge in [-0.15, -0.1) is 0 Å². The zero-order valence-electron chi connectivity index (χ0n) is 6.11. The van der Waals surface area contributed by atoms with Gasteiger partial charge in [0.15, 0.2) is 0 Å². The van der Waals surface area contributed by atoms with Crippen LogP contribution in [-0.2, 0) is 9.78 Å². The number of carbonyl (C=O) groups excluding carboxylic acids is 1. The Morgan fingerprint density at radius 3 is 2.33 bits per heavy atom. The Labute approximate surface area is 92.9 Å². The molecule has 0 heterocycles. The molecule has 0 aliphatic carbocycles. The van der Waals surface area contributed by atoms with Gasteiger partial charge in [0.1, 0.15) is 0 Å². The summed E-state index contributed by atoms with van der Waals surface area (Å²) in [5.74, 6) is -0.479. The quantitative estimate of drug-likeness (QED) is 0.379. The topological polar surface area (TPSA) is 35.5 Å². The van der Waals surface area contributed by atoms with Crippen LogP contribution in [0.1, 0.15) is 10.4 Å². The molecule has 0 atom stereocenters. The molecule has 0 amide bonds. The van der Waals surface area contributed by atoms with E-state index >= 15 is 0 Å². The molecule has 0 radical (unpaired) electrons. The predicted octanol–water partition coefficient (Wildman–Crippen LogP) is 0.756. The third kappa shape index (κ3) is 3.36. The predicted molar refractivity (Wildman–Crippen MR) is 46.0 cm³/mol. The van der Waals surface area contributed by atoms with E-state index in [9.17, 15) is 4.79 Å². The van der Waals surface area contributed by atoms with Gasteiger partial charge in [0.25, 0.3) is 0 Å². The molecule has 0 bridgehead atoms. The number of hydrogen-bond acceptors (Lipinski definition) is 3. The van der Waals surface area contributed by atoms with Crippen LogP contribution in [0, 0.1) is 0 Å². The number of hydrogen-bond donors (Lipinski definition) is 0. The van der Waals surface area contributed by atoms with Crippen molar-refractivity contribution < 1.29 is 14.6 Å². The standard InChI is InChI=1S/C8H8O3.Na.H/c1-10-11-8(9)7-5-3-2-4-6-7;;/h2-6H,1H3;;. The first kappa shape index (κ1) is 11.6. The normalized spacial score (nSPS) is 8.42. The van der Waals surface area contributed by atoms with Gasteiger partial charge in [-0.3, -0.25) is 4.89 Å². The summed E-state index contributed by atoms with van der Waals surface area (Å²) in [5.41, 5.74) is 0.481. The van der Waals surface area contributed by atoms with Gasteiger partial charge in [0.05, 0.1) is 12.7 Å². The molecule has 4 heteroatoms. The molecule has 12 heavy (non-hydrogen) atoms. The van der Waals surface area contributed by atoms with Crippen molar-refractivity contribution >= 4 is 35.5 Å². The van der Waals surface area contributed by atoms with Crippen LogP contribution in [-0.4, -0.2) is 42.6 Å². The zero-order valence-corrected chi connectivity index (χ0v) is 6.11. The second-order valence-corrected chi connectivity index (χ2v) is 1.90. The maximum absolute atomic E-state index is 10.9. The molecule has 60 valence electrons. The summed E-state index contributed by atoms with van der Waals surface area (Å²) in [4.78, 5) is 19.4. The first-order chi connectivity index (χ1) is 5.34. The first-order valence-electron chi connectivity index (χ1n) is 3.14. The molecule has 3 nitrogen and oxygen atoms in total. The van der Waals surface area contributed by atoms with E-state index in [1.165, 1.54) is 7.11 Å². The SMILES string of the molecule is COOC(=O)c1ccccc1.[NaH]. The number of benzene rings is 1. The second kappa shape index (κ2) is 6.20. The summed E-state index contributed by atoms with van der Waals surface area (Å²) in [6, 6.07) is 8.64. The van der Waals surface area contributed by atoms with Gasteiger partial charge in [-0.2, -0.15) is 4.89 Å². The Morgan fingerprint density at radius 2 is 1.83 bits per heavy atom. The molecule has 1 aromatic carbocycles. The third-order valence-electron chi connectivity index (χ3n) is 1.17. The molecule has 1 aromatic rings. The van der Waals surface area contributed by atoms with Crippen LogP contribution in [0.5, 0.6) is 0 Å². The summed E-state index contributed by atoms with van der Waals surface area (Å²) in [5, 5.41) is 0. The molecular weight excluding hydrogens is 167 g/mol. The van der Waals surface area contributed by atoms with E-state index in [-0.39, 0.29) is 29.6 Å². The second-order valence-electron chi connectivity index (χ2n) is 1.90. The Balaban J connectivity index is 0.00000121. The minimum absolute atomic E-state index is 0. The first-order valence-corrected chi connectivity index (χ1v) is 3.14. The van der Waals surface area contributed by atoms with Crippen molar-refractivity contribution in [2.24, 2.45) is 0 Å². The average Bonchev–Trinajstić information content (AvgIpc) is 2.07. The van der Waals surface area contributed by atoms with Crippen LogP contribution >= 0.6 is 0 Å². The number of rotatable bonds is 2. The summed E-state index contributed by atoms with van der Waals surface area (Å²) in [7, 11) is 1.29. The van der Waals surface area contributed by atoms with Crippen molar-refractivity contribution in [2.75, 3.05) is 7.11 Å². The van der Waals surface area contributed by atoms with Gasteiger partial charge in [-0.1, -0.05) is 18.2 Å². The van der Waals surface area contributed by atoms with Gasteiger partial charge in [0.2, 0.25) is 0 Å². The van der Waals surface area contributed by atoms with Crippen LogP contribution < -0.4 is 0 Å². The van der Waals surface area contributed by atoms with Crippen molar-refractivity contribution in [2.45, 2.75) is 0 Å². The van der Waals surface area contributed by atoms with Gasteiger partial charge in [-0.25, -0.2) is 4.79 Å². The van der Waals surface area contributed by atoms with Gasteiger partial charge < -0.3 is 0 Å². The molecule has 0 N–H and O–H groups in total. The molecule has 0 aromatic heterocycles. The summed E-state index contributed by atoms with van der Waals surface area (Å²) < 4.78 is 0. The fraction of sp³-hybridized carbons (Fsp3) is 0.125. The zero-order chi connectivity index (χ0) is 8.10. The van der Waals surface area contributed by atoms with E-state index in [1.54, 1.807) is 24.3 Å². The summed E-state index contributed by atoms with van der Waals surface area (Å²) >= 11 is 0. The minimum atomic E-state index is -0.479. The molecule has 1 rings (SSSR count). The third-order valence-corrected chi connectivity index (χ3v) is 1.17. The molecule has 0 aliphatic heterocycles. The van der Waals surface area contributed by atoms with E-state index in [0.29, 0.717) is 5.56 Å². The fourth-order valence-electron chi connectivity index (χ4n) is 0.698. The van der Waals surface area contributed by atoms with Crippen LogP contribution in [0.4, 0.5) is 0 Å². The molecule has 0 unspecified atom stereocenters. The van der Waals surface area contributed by atoms with Gasteiger partial charge in [0, 0.05) is 0 Å². The van der Waals surface area contributed by atoms with Crippen LogP contribution in [0.2, 0.25) is 0 Å². The van der Waals surface area contributed by atoms with Crippen molar-refractivity contribution in [1.82, 2.24) is 0 Å². The monoisotopic (exact) mass is 176 g/mol. The summed E-state index contributed by atoms with van der Waals surface area (Å²) in [6.45, 7) is 0. The Hall–Kier alpha value is -0.350. The molecule has 0 saturated heterocycles.